The Kier molecular flexibility index (Phi) is 2.99. The highest BCUT2D eigenvalue weighted by molar-refractivity contribution is 5.96. The number of amides is 1. The van der Waals surface area contributed by atoms with Crippen LogP contribution in [0, 0.1) is 5.41 Å². The monoisotopic (exact) mass is 277 g/mol. The van der Waals surface area contributed by atoms with Crippen LogP contribution in [-0.4, -0.2) is 25.7 Å². The predicted octanol–water partition coefficient (Wildman–Crippen LogP) is 2.26. The van der Waals surface area contributed by atoms with E-state index < -0.39 is 5.79 Å². The van der Waals surface area contributed by atoms with Crippen LogP contribution in [0.25, 0.3) is 0 Å². The summed E-state index contributed by atoms with van der Waals surface area (Å²) >= 11 is 0. The second-order valence-corrected chi connectivity index (χ2v) is 6.20. The van der Waals surface area contributed by atoms with E-state index in [1.54, 1.807) is 0 Å². The maximum atomic E-state index is 11.6. The van der Waals surface area contributed by atoms with Crippen LogP contribution in [-0.2, 0) is 20.1 Å². The van der Waals surface area contributed by atoms with Crippen LogP contribution < -0.4 is 10.1 Å². The molecule has 5 nitrogen and oxygen atoms in total. The third-order valence-corrected chi connectivity index (χ3v) is 3.62. The molecule has 5 heteroatoms. The summed E-state index contributed by atoms with van der Waals surface area (Å²) in [6.07, 6.45) is 0. The van der Waals surface area contributed by atoms with Crippen LogP contribution in [0.5, 0.6) is 5.75 Å². The summed E-state index contributed by atoms with van der Waals surface area (Å²) in [4.78, 5) is 11.6. The van der Waals surface area contributed by atoms with Gasteiger partial charge in [0.15, 0.2) is 12.4 Å². The number of carbonyl (C=O) groups excluding carboxylic acids is 1. The Morgan fingerprint density at radius 2 is 1.85 bits per heavy atom. The van der Waals surface area contributed by atoms with Crippen molar-refractivity contribution in [2.24, 2.45) is 5.41 Å². The minimum absolute atomic E-state index is 0.00585. The van der Waals surface area contributed by atoms with Crippen molar-refractivity contribution in [1.82, 2.24) is 0 Å². The smallest absolute Gasteiger partial charge is 0.262 e. The Morgan fingerprint density at radius 1 is 1.15 bits per heavy atom. The highest BCUT2D eigenvalue weighted by atomic mass is 16.7. The predicted molar refractivity (Wildman–Crippen MR) is 73.6 cm³/mol. The molecule has 0 aromatic heterocycles. The first-order valence-electron chi connectivity index (χ1n) is 6.74. The molecule has 2 aliphatic rings. The first kappa shape index (κ1) is 13.4. The topological polar surface area (TPSA) is 56.8 Å². The Morgan fingerprint density at radius 3 is 2.55 bits per heavy atom. The highest BCUT2D eigenvalue weighted by Gasteiger charge is 2.41. The van der Waals surface area contributed by atoms with Gasteiger partial charge in [-0.15, -0.1) is 0 Å². The van der Waals surface area contributed by atoms with Crippen LogP contribution in [0.15, 0.2) is 18.2 Å². The standard InChI is InChI=1S/C15H19NO4/c1-14(2)8-19-15(3,20-9-14)10-5-4-6-11-13(10)16-12(17)7-18-11/h4-6H,7-9H2,1-3H3,(H,16,17). The van der Waals surface area contributed by atoms with Gasteiger partial charge in [0.05, 0.1) is 18.9 Å². The third kappa shape index (κ3) is 2.27. The number of hydrogen-bond acceptors (Lipinski definition) is 4. The summed E-state index contributed by atoms with van der Waals surface area (Å²) in [6, 6.07) is 5.60. The van der Waals surface area contributed by atoms with Crippen molar-refractivity contribution in [3.63, 3.8) is 0 Å². The molecule has 0 radical (unpaired) electrons. The number of ether oxygens (including phenoxy) is 3. The van der Waals surface area contributed by atoms with Crippen molar-refractivity contribution < 1.29 is 19.0 Å². The highest BCUT2D eigenvalue weighted by Crippen LogP contribution is 2.43. The van der Waals surface area contributed by atoms with Crippen molar-refractivity contribution >= 4 is 11.6 Å². The molecule has 108 valence electrons. The summed E-state index contributed by atoms with van der Waals surface area (Å²) in [5.41, 5.74) is 1.43. The fourth-order valence-corrected chi connectivity index (χ4v) is 2.38. The number of rotatable bonds is 1. The lowest BCUT2D eigenvalue weighted by Crippen LogP contribution is -2.44. The molecule has 0 aliphatic carbocycles. The average molecular weight is 277 g/mol. The number of carbonyl (C=O) groups is 1. The first-order valence-corrected chi connectivity index (χ1v) is 6.74. The van der Waals surface area contributed by atoms with Gasteiger partial charge >= 0.3 is 0 Å². The largest absolute Gasteiger partial charge is 0.482 e. The number of nitrogens with one attached hydrogen (secondary N) is 1. The lowest BCUT2D eigenvalue weighted by Gasteiger charge is -2.42. The van der Waals surface area contributed by atoms with Crippen LogP contribution in [0.1, 0.15) is 26.3 Å². The molecular formula is C15H19NO4. The average Bonchev–Trinajstić information content (AvgIpc) is 2.42. The van der Waals surface area contributed by atoms with Crippen molar-refractivity contribution in [3.05, 3.63) is 23.8 Å². The van der Waals surface area contributed by atoms with Crippen molar-refractivity contribution in [3.8, 4) is 5.75 Å². The van der Waals surface area contributed by atoms with E-state index in [9.17, 15) is 4.79 Å². The van der Waals surface area contributed by atoms with E-state index in [-0.39, 0.29) is 17.9 Å². The van der Waals surface area contributed by atoms with Gasteiger partial charge in [0.2, 0.25) is 0 Å². The molecule has 0 unspecified atom stereocenters. The van der Waals surface area contributed by atoms with Gasteiger partial charge in [-0.1, -0.05) is 26.0 Å². The maximum absolute atomic E-state index is 11.6. The van der Waals surface area contributed by atoms with E-state index in [2.05, 4.69) is 19.2 Å². The molecular weight excluding hydrogens is 258 g/mol. The molecule has 20 heavy (non-hydrogen) atoms. The molecule has 1 amide bonds. The second-order valence-electron chi connectivity index (χ2n) is 6.20. The van der Waals surface area contributed by atoms with Gasteiger partial charge in [0, 0.05) is 11.0 Å². The summed E-state index contributed by atoms with van der Waals surface area (Å²) in [5.74, 6) is -0.375. The molecule has 1 N–H and O–H groups in total. The SMILES string of the molecule is CC1(C)COC(C)(c2cccc3c2NC(=O)CO3)OC1. The molecule has 0 saturated carbocycles. The molecule has 1 aromatic carbocycles. The summed E-state index contributed by atoms with van der Waals surface area (Å²) in [6.45, 7) is 7.31. The van der Waals surface area contributed by atoms with E-state index in [4.69, 9.17) is 14.2 Å². The van der Waals surface area contributed by atoms with Gasteiger partial charge in [0.1, 0.15) is 5.75 Å². The fraction of sp³-hybridized carbons (Fsp3) is 0.533. The minimum Gasteiger partial charge on any atom is -0.482 e. The molecule has 1 fully saturated rings. The Balaban J connectivity index is 1.96. The van der Waals surface area contributed by atoms with E-state index >= 15 is 0 Å². The molecule has 1 aromatic rings. The van der Waals surface area contributed by atoms with Gasteiger partial charge in [0.25, 0.3) is 5.91 Å². The number of hydrogen-bond donors (Lipinski definition) is 1. The second kappa shape index (κ2) is 4.46. The Bertz CT molecular complexity index is 543. The number of anilines is 1. The third-order valence-electron chi connectivity index (χ3n) is 3.62. The first-order chi connectivity index (χ1) is 9.40. The minimum atomic E-state index is -0.866. The van der Waals surface area contributed by atoms with Gasteiger partial charge < -0.3 is 19.5 Å². The maximum Gasteiger partial charge on any atom is 0.262 e. The van der Waals surface area contributed by atoms with Crippen LogP contribution in [0.4, 0.5) is 5.69 Å². The lowest BCUT2D eigenvalue weighted by atomic mass is 9.93. The van der Waals surface area contributed by atoms with Crippen molar-refractivity contribution in [2.45, 2.75) is 26.6 Å². The fourth-order valence-electron chi connectivity index (χ4n) is 2.38. The normalized spacial score (nSPS) is 23.4. The number of benzene rings is 1. The Labute approximate surface area is 118 Å². The van der Waals surface area contributed by atoms with Gasteiger partial charge in [-0.05, 0) is 13.0 Å². The van der Waals surface area contributed by atoms with E-state index in [1.165, 1.54) is 0 Å². The summed E-state index contributed by atoms with van der Waals surface area (Å²) in [5, 5.41) is 2.85. The van der Waals surface area contributed by atoms with E-state index in [0.29, 0.717) is 24.7 Å². The van der Waals surface area contributed by atoms with Crippen molar-refractivity contribution in [1.29, 1.82) is 0 Å². The van der Waals surface area contributed by atoms with E-state index in [0.717, 1.165) is 5.56 Å². The molecule has 3 rings (SSSR count). The molecule has 2 aliphatic heterocycles. The van der Waals surface area contributed by atoms with Gasteiger partial charge in [-0.2, -0.15) is 0 Å². The zero-order valence-electron chi connectivity index (χ0n) is 12.0. The molecule has 0 spiro atoms. The zero-order chi connectivity index (χ0) is 14.4. The van der Waals surface area contributed by atoms with Crippen LogP contribution in [0.2, 0.25) is 0 Å². The van der Waals surface area contributed by atoms with Crippen LogP contribution in [0.3, 0.4) is 0 Å². The lowest BCUT2D eigenvalue weighted by molar-refractivity contribution is -0.297. The molecule has 0 bridgehead atoms. The van der Waals surface area contributed by atoms with E-state index in [1.807, 2.05) is 25.1 Å². The van der Waals surface area contributed by atoms with Gasteiger partial charge in [-0.25, -0.2) is 0 Å². The number of fused-ring (bicyclic) bond motifs is 1. The van der Waals surface area contributed by atoms with Gasteiger partial charge in [-0.3, -0.25) is 4.79 Å². The van der Waals surface area contributed by atoms with Crippen LogP contribution >= 0.6 is 0 Å². The Hall–Kier alpha value is -1.59. The quantitative estimate of drug-likeness (QED) is 0.855. The van der Waals surface area contributed by atoms with Crippen molar-refractivity contribution in [2.75, 3.05) is 25.1 Å². The number of para-hydroxylation sites is 1. The summed E-state index contributed by atoms with van der Waals surface area (Å²) in [7, 11) is 0. The molecule has 2 heterocycles. The molecule has 0 atom stereocenters. The molecule has 1 saturated heterocycles. The summed E-state index contributed by atoms with van der Waals surface area (Å²) < 4.78 is 17.3. The zero-order valence-corrected chi connectivity index (χ0v) is 12.0.